The zero-order valence-corrected chi connectivity index (χ0v) is 19.3. The van der Waals surface area contributed by atoms with Gasteiger partial charge in [0.2, 0.25) is 7.37 Å². The van der Waals surface area contributed by atoms with Crippen molar-refractivity contribution in [3.05, 3.63) is 96.1 Å². The van der Waals surface area contributed by atoms with E-state index in [1.807, 2.05) is 91.9 Å². The molecule has 0 aromatic heterocycles. The average molecular weight is 452 g/mol. The zero-order chi connectivity index (χ0) is 23.1. The van der Waals surface area contributed by atoms with Crippen LogP contribution in [-0.2, 0) is 15.8 Å². The Morgan fingerprint density at radius 3 is 1.97 bits per heavy atom. The third-order valence-corrected chi connectivity index (χ3v) is 8.09. The fourth-order valence-electron chi connectivity index (χ4n) is 3.77. The van der Waals surface area contributed by atoms with Crippen molar-refractivity contribution < 1.29 is 19.4 Å². The highest BCUT2D eigenvalue weighted by Gasteiger charge is 2.34. The molecule has 0 saturated carbocycles. The van der Waals surface area contributed by atoms with Crippen molar-refractivity contribution >= 4 is 13.3 Å². The van der Waals surface area contributed by atoms with Gasteiger partial charge in [0, 0.05) is 12.2 Å². The summed E-state index contributed by atoms with van der Waals surface area (Å²) in [5.41, 5.74) is 3.96. The maximum Gasteiger partial charge on any atom is 0.307 e. The van der Waals surface area contributed by atoms with Crippen molar-refractivity contribution in [2.45, 2.75) is 32.1 Å². The number of aliphatic carboxylic acids is 1. The van der Waals surface area contributed by atoms with E-state index in [4.69, 9.17) is 0 Å². The van der Waals surface area contributed by atoms with Gasteiger partial charge < -0.3 is 10.00 Å². The molecule has 0 aliphatic carbocycles. The highest BCUT2D eigenvalue weighted by atomic mass is 31.2. The minimum Gasteiger partial charge on any atom is -0.481 e. The molecule has 0 heterocycles. The number of rotatable bonds is 10. The molecule has 0 fully saturated rings. The van der Waals surface area contributed by atoms with Crippen molar-refractivity contribution in [1.82, 2.24) is 5.32 Å². The Balaban J connectivity index is 1.66. The number of nitrogens with one attached hydrogen (secondary N) is 1. The summed E-state index contributed by atoms with van der Waals surface area (Å²) in [7, 11) is -3.75. The molecule has 168 valence electrons. The van der Waals surface area contributed by atoms with Gasteiger partial charge in [0.15, 0.2) is 0 Å². The van der Waals surface area contributed by atoms with E-state index in [-0.39, 0.29) is 18.6 Å². The fraction of sp³-hybridized carbons (Fsp3) is 0.269. The molecule has 0 aliphatic rings. The minimum atomic E-state index is -3.75. The molecule has 1 unspecified atom stereocenters. The van der Waals surface area contributed by atoms with Gasteiger partial charge in [0.05, 0.1) is 11.7 Å². The molecule has 0 aliphatic heterocycles. The lowest BCUT2D eigenvalue weighted by Gasteiger charge is -2.26. The second-order valence-electron chi connectivity index (χ2n) is 8.22. The predicted molar refractivity (Wildman–Crippen MR) is 129 cm³/mol. The van der Waals surface area contributed by atoms with Gasteiger partial charge in [0.25, 0.3) is 0 Å². The van der Waals surface area contributed by atoms with Gasteiger partial charge in [-0.3, -0.25) is 14.7 Å². The van der Waals surface area contributed by atoms with Crippen molar-refractivity contribution in [1.29, 1.82) is 0 Å². The zero-order valence-electron chi connectivity index (χ0n) is 18.4. The first-order valence-electron chi connectivity index (χ1n) is 10.8. The molecule has 32 heavy (non-hydrogen) atoms. The summed E-state index contributed by atoms with van der Waals surface area (Å²) in [6, 6.07) is 27.1. The molecular weight excluding hydrogens is 421 g/mol. The minimum absolute atomic E-state index is 0.125. The predicted octanol–water partition coefficient (Wildman–Crippen LogP) is 5.56. The summed E-state index contributed by atoms with van der Waals surface area (Å²) in [5, 5.41) is 12.9. The summed E-state index contributed by atoms with van der Waals surface area (Å²) in [6.45, 7) is 3.57. The first kappa shape index (κ1) is 23.9. The Morgan fingerprint density at radius 2 is 1.41 bits per heavy atom. The van der Waals surface area contributed by atoms with Gasteiger partial charge in [-0.25, -0.2) is 0 Å². The van der Waals surface area contributed by atoms with Crippen LogP contribution in [0.25, 0.3) is 11.1 Å². The standard InChI is InChI=1S/C26H30NO4P/c1-19(22-9-5-3-6-10-22)27-20(2)32(30,31)18-25(26(28)29)17-21-13-15-24(16-14-21)23-11-7-4-8-12-23/h3-16,19-20,25,27H,17-18H2,1-2H3,(H,28,29)(H,30,31)/t19-,20+,25+/m0/s1. The fourth-order valence-corrected chi connectivity index (χ4v) is 5.46. The molecule has 0 saturated heterocycles. The van der Waals surface area contributed by atoms with E-state index in [1.54, 1.807) is 6.92 Å². The molecule has 6 heteroatoms. The van der Waals surface area contributed by atoms with Crippen LogP contribution in [-0.4, -0.2) is 27.9 Å². The monoisotopic (exact) mass is 451 g/mol. The highest BCUT2D eigenvalue weighted by molar-refractivity contribution is 7.58. The molecule has 0 bridgehead atoms. The molecule has 3 aromatic carbocycles. The third kappa shape index (κ3) is 6.39. The molecular formula is C26H30NO4P. The lowest BCUT2D eigenvalue weighted by atomic mass is 9.98. The maximum absolute atomic E-state index is 13.1. The second kappa shape index (κ2) is 10.7. The Morgan fingerprint density at radius 1 is 0.875 bits per heavy atom. The molecule has 3 rings (SSSR count). The van der Waals surface area contributed by atoms with Crippen LogP contribution in [0.3, 0.4) is 0 Å². The van der Waals surface area contributed by atoms with Crippen LogP contribution in [0.15, 0.2) is 84.9 Å². The molecule has 5 nitrogen and oxygen atoms in total. The lowest BCUT2D eigenvalue weighted by molar-refractivity contribution is -0.141. The quantitative estimate of drug-likeness (QED) is 0.351. The van der Waals surface area contributed by atoms with E-state index in [1.165, 1.54) is 0 Å². The number of hydrogen-bond acceptors (Lipinski definition) is 3. The summed E-state index contributed by atoms with van der Waals surface area (Å²) >= 11 is 0. The number of carboxylic acid groups (broad SMARTS) is 1. The van der Waals surface area contributed by atoms with Crippen molar-refractivity contribution in [3.8, 4) is 11.1 Å². The van der Waals surface area contributed by atoms with Gasteiger partial charge in [-0.2, -0.15) is 0 Å². The molecule has 4 atom stereocenters. The van der Waals surface area contributed by atoms with Crippen molar-refractivity contribution in [2.24, 2.45) is 5.92 Å². The van der Waals surface area contributed by atoms with Gasteiger partial charge >= 0.3 is 5.97 Å². The number of benzene rings is 3. The Kier molecular flexibility index (Phi) is 8.03. The molecule has 0 radical (unpaired) electrons. The van der Waals surface area contributed by atoms with Gasteiger partial charge in [-0.1, -0.05) is 84.9 Å². The number of hydrogen-bond donors (Lipinski definition) is 3. The molecule has 0 amide bonds. The summed E-state index contributed by atoms with van der Waals surface area (Å²) in [6.07, 6.45) is -0.0750. The van der Waals surface area contributed by atoms with Crippen LogP contribution in [0.4, 0.5) is 0 Å². The first-order chi connectivity index (χ1) is 15.3. The van der Waals surface area contributed by atoms with Gasteiger partial charge in [-0.15, -0.1) is 0 Å². The van der Waals surface area contributed by atoms with Crippen molar-refractivity contribution in [2.75, 3.05) is 6.16 Å². The van der Waals surface area contributed by atoms with Crippen LogP contribution in [0.1, 0.15) is 31.0 Å². The third-order valence-electron chi connectivity index (χ3n) is 5.77. The molecule has 0 spiro atoms. The molecule has 3 aromatic rings. The van der Waals surface area contributed by atoms with E-state index in [2.05, 4.69) is 5.32 Å². The van der Waals surface area contributed by atoms with Crippen LogP contribution < -0.4 is 5.32 Å². The second-order valence-corrected chi connectivity index (χ2v) is 10.9. The normalized spacial score (nSPS) is 16.0. The van der Waals surface area contributed by atoms with Gasteiger partial charge in [0.1, 0.15) is 0 Å². The van der Waals surface area contributed by atoms with Crippen LogP contribution in [0, 0.1) is 5.92 Å². The Bertz CT molecular complexity index is 1050. The Labute approximate surface area is 189 Å². The largest absolute Gasteiger partial charge is 0.481 e. The summed E-state index contributed by atoms with van der Waals surface area (Å²) in [5.74, 6) is -2.72. The van der Waals surface area contributed by atoms with E-state index < -0.39 is 25.0 Å². The van der Waals surface area contributed by atoms with Crippen LogP contribution in [0.2, 0.25) is 0 Å². The molecule has 3 N–H and O–H groups in total. The highest BCUT2D eigenvalue weighted by Crippen LogP contribution is 2.47. The number of carboxylic acids is 1. The Hall–Kier alpha value is -2.72. The number of carbonyl (C=O) groups is 1. The topological polar surface area (TPSA) is 86.6 Å². The van der Waals surface area contributed by atoms with E-state index in [9.17, 15) is 19.4 Å². The van der Waals surface area contributed by atoms with E-state index in [0.717, 1.165) is 22.3 Å². The van der Waals surface area contributed by atoms with Crippen LogP contribution in [0.5, 0.6) is 0 Å². The van der Waals surface area contributed by atoms with Crippen LogP contribution >= 0.6 is 7.37 Å². The lowest BCUT2D eigenvalue weighted by Crippen LogP contribution is -2.32. The first-order valence-corrected chi connectivity index (χ1v) is 12.7. The SMILES string of the molecule is C[C@H](N[C@@H](C)P(=O)(O)C[C@@H](Cc1ccc(-c2ccccc2)cc1)C(=O)O)c1ccccc1. The van der Waals surface area contributed by atoms with E-state index >= 15 is 0 Å². The summed E-state index contributed by atoms with van der Waals surface area (Å²) in [4.78, 5) is 22.6. The summed E-state index contributed by atoms with van der Waals surface area (Å²) < 4.78 is 13.1. The van der Waals surface area contributed by atoms with Crippen molar-refractivity contribution in [3.63, 3.8) is 0 Å². The van der Waals surface area contributed by atoms with Gasteiger partial charge in [-0.05, 0) is 42.5 Å². The average Bonchev–Trinajstić information content (AvgIpc) is 2.80. The van der Waals surface area contributed by atoms with E-state index in [0.29, 0.717) is 0 Å². The smallest absolute Gasteiger partial charge is 0.307 e. The maximum atomic E-state index is 13.1.